The van der Waals surface area contributed by atoms with Crippen LogP contribution in [0.5, 0.6) is 0 Å². The van der Waals surface area contributed by atoms with Gasteiger partial charge in [0.05, 0.1) is 0 Å². The maximum absolute atomic E-state index is 4.62. The Morgan fingerprint density at radius 1 is 1.25 bits per heavy atom. The molecule has 0 radical (unpaired) electrons. The molecule has 0 heterocycles. The molecule has 0 fully saturated rings. The molecule has 0 aromatic carbocycles. The van der Waals surface area contributed by atoms with Crippen molar-refractivity contribution in [2.75, 3.05) is 38.9 Å². The molecule has 0 saturated heterocycles. The van der Waals surface area contributed by atoms with E-state index in [2.05, 4.69) is 55.9 Å². The minimum absolute atomic E-state index is 0.538. The topological polar surface area (TPSA) is 15.6 Å². The average Bonchev–Trinajstić information content (AvgIpc) is 2.09. The first-order valence-corrected chi connectivity index (χ1v) is 8.94. The average molecular weight is 246 g/mol. The molecule has 0 rings (SSSR count). The minimum Gasteiger partial charge on any atom is -0.294 e. The van der Waals surface area contributed by atoms with Gasteiger partial charge in [-0.2, -0.15) is 10.2 Å². The van der Waals surface area contributed by atoms with Gasteiger partial charge in [-0.3, -0.25) is 9.30 Å². The zero-order chi connectivity index (χ0) is 12.8. The van der Waals surface area contributed by atoms with Crippen molar-refractivity contribution >= 4 is 15.9 Å². The number of hydrogen-bond acceptors (Lipinski definition) is 2. The maximum atomic E-state index is 4.62. The van der Waals surface area contributed by atoms with Crippen molar-refractivity contribution in [3.8, 4) is 0 Å². The third-order valence-electron chi connectivity index (χ3n) is 2.65. The van der Waals surface area contributed by atoms with Gasteiger partial charge in [0.15, 0.2) is 0 Å². The van der Waals surface area contributed by atoms with E-state index in [4.69, 9.17) is 0 Å². The van der Waals surface area contributed by atoms with Crippen LogP contribution < -0.4 is 0 Å². The molecule has 16 heavy (non-hydrogen) atoms. The molecular weight excluding hydrogens is 216 g/mol. The fourth-order valence-electron chi connectivity index (χ4n) is 1.49. The van der Waals surface area contributed by atoms with Crippen LogP contribution in [0.25, 0.3) is 0 Å². The van der Waals surface area contributed by atoms with Crippen LogP contribution in [0.2, 0.25) is 0 Å². The molecule has 0 amide bonds. The van der Waals surface area contributed by atoms with E-state index in [1.54, 1.807) is 0 Å². The second kappa shape index (κ2) is 7.33. The molecule has 0 bridgehead atoms. The van der Waals surface area contributed by atoms with Crippen LogP contribution in [0.3, 0.4) is 0 Å². The predicted molar refractivity (Wildman–Crippen MR) is 80.0 cm³/mol. The molecule has 0 aromatic rings. The van der Waals surface area contributed by atoms with Crippen LogP contribution in [0.1, 0.15) is 33.6 Å². The number of aliphatic imine (C=N–C) groups is 1. The fraction of sp³-hybridized carbons (Fsp3) is 0.923. The monoisotopic (exact) mass is 246 g/mol. The molecule has 0 spiro atoms. The highest BCUT2D eigenvalue weighted by molar-refractivity contribution is 8.30. The van der Waals surface area contributed by atoms with Gasteiger partial charge in [0.25, 0.3) is 0 Å². The third kappa shape index (κ3) is 8.17. The predicted octanol–water partition coefficient (Wildman–Crippen LogP) is 3.42. The highest BCUT2D eigenvalue weighted by atomic mass is 32.3. The summed E-state index contributed by atoms with van der Waals surface area (Å²) in [5.41, 5.74) is 1.31. The summed E-state index contributed by atoms with van der Waals surface area (Å²) in [5.74, 6) is 0.727. The highest BCUT2D eigenvalue weighted by Gasteiger charge is 2.10. The number of hydrogen-bond donors (Lipinski definition) is 0. The minimum atomic E-state index is -0.538. The lowest BCUT2D eigenvalue weighted by Gasteiger charge is -2.37. The Bertz CT molecular complexity index is 216. The van der Waals surface area contributed by atoms with Gasteiger partial charge in [-0.1, -0.05) is 13.8 Å². The Balaban J connectivity index is 3.75. The maximum Gasteiger partial charge on any atom is 0.0401 e. The molecule has 0 unspecified atom stereocenters. The van der Waals surface area contributed by atoms with Crippen LogP contribution >= 0.6 is 10.2 Å². The molecule has 0 aliphatic carbocycles. The summed E-state index contributed by atoms with van der Waals surface area (Å²) in [6.45, 7) is 8.79. The molecule has 2 nitrogen and oxygen atoms in total. The van der Waals surface area contributed by atoms with E-state index >= 15 is 0 Å². The summed E-state index contributed by atoms with van der Waals surface area (Å²) >= 11 is 0. The highest BCUT2D eigenvalue weighted by Crippen LogP contribution is 2.37. The summed E-state index contributed by atoms with van der Waals surface area (Å²) < 4.78 is 2.47. The van der Waals surface area contributed by atoms with Gasteiger partial charge < -0.3 is 0 Å². The van der Waals surface area contributed by atoms with Gasteiger partial charge in [-0.05, 0) is 51.5 Å². The Hall–Kier alpha value is -0.0200. The van der Waals surface area contributed by atoms with Gasteiger partial charge in [-0.25, -0.2) is 0 Å². The Morgan fingerprint density at radius 2 is 1.81 bits per heavy atom. The largest absolute Gasteiger partial charge is 0.294 e. The molecule has 0 aromatic heterocycles. The number of rotatable bonds is 7. The van der Waals surface area contributed by atoms with E-state index in [0.29, 0.717) is 0 Å². The first-order valence-electron chi connectivity index (χ1n) is 6.13. The third-order valence-corrected chi connectivity index (χ3v) is 4.70. The van der Waals surface area contributed by atoms with Gasteiger partial charge in [-0.15, -0.1) is 0 Å². The van der Waals surface area contributed by atoms with E-state index in [1.807, 2.05) is 0 Å². The standard InChI is InChI=1S/C13H30N2S/c1-12(2)11-13(3)14-9-8-10-15(4)16(5,6)7/h12H,8-11H2,1-7H3/b14-13+. The molecule has 0 saturated carbocycles. The van der Waals surface area contributed by atoms with Crippen molar-refractivity contribution in [2.45, 2.75) is 33.6 Å². The first kappa shape index (κ1) is 16.0. The Labute approximate surface area is 104 Å². The summed E-state index contributed by atoms with van der Waals surface area (Å²) in [6.07, 6.45) is 9.32. The Morgan fingerprint density at radius 3 is 2.25 bits per heavy atom. The second-order valence-corrected chi connectivity index (χ2v) is 9.86. The SMILES string of the molecule is C/C(CC(C)C)=N\CCCN(C)S(C)(C)C. The van der Waals surface area contributed by atoms with E-state index in [0.717, 1.165) is 25.4 Å². The van der Waals surface area contributed by atoms with Crippen molar-refractivity contribution in [1.82, 2.24) is 4.31 Å². The van der Waals surface area contributed by atoms with Crippen molar-refractivity contribution in [3.05, 3.63) is 0 Å². The summed E-state index contributed by atoms with van der Waals surface area (Å²) in [6, 6.07) is 0. The summed E-state index contributed by atoms with van der Waals surface area (Å²) in [4.78, 5) is 4.62. The van der Waals surface area contributed by atoms with Gasteiger partial charge in [0.1, 0.15) is 0 Å². The zero-order valence-electron chi connectivity index (χ0n) is 12.2. The molecule has 0 aliphatic heterocycles. The second-order valence-electron chi connectivity index (χ2n) is 5.69. The lowest BCUT2D eigenvalue weighted by Crippen LogP contribution is -2.23. The van der Waals surface area contributed by atoms with E-state index in [1.165, 1.54) is 12.1 Å². The lowest BCUT2D eigenvalue weighted by molar-refractivity contribution is 0.537. The summed E-state index contributed by atoms with van der Waals surface area (Å²) in [7, 11) is 1.68. The van der Waals surface area contributed by atoms with Gasteiger partial charge in [0, 0.05) is 18.8 Å². The number of nitrogens with zero attached hydrogens (tertiary/aromatic N) is 2. The van der Waals surface area contributed by atoms with Crippen LogP contribution in [-0.2, 0) is 0 Å². The molecule has 3 heteroatoms. The van der Waals surface area contributed by atoms with E-state index in [-0.39, 0.29) is 0 Å². The quantitative estimate of drug-likeness (QED) is 0.496. The fourth-order valence-corrected chi connectivity index (χ4v) is 2.17. The molecule has 0 aliphatic rings. The van der Waals surface area contributed by atoms with Crippen molar-refractivity contribution in [2.24, 2.45) is 10.9 Å². The summed E-state index contributed by atoms with van der Waals surface area (Å²) in [5, 5.41) is 0. The van der Waals surface area contributed by atoms with Crippen LogP contribution in [0, 0.1) is 5.92 Å². The lowest BCUT2D eigenvalue weighted by atomic mass is 10.1. The molecule has 0 N–H and O–H groups in total. The smallest absolute Gasteiger partial charge is 0.0401 e. The van der Waals surface area contributed by atoms with E-state index < -0.39 is 10.2 Å². The normalized spacial score (nSPS) is 14.9. The molecular formula is C13H30N2S. The first-order chi connectivity index (χ1) is 7.23. The molecule has 0 atom stereocenters. The van der Waals surface area contributed by atoms with Gasteiger partial charge in [0.2, 0.25) is 0 Å². The zero-order valence-corrected chi connectivity index (χ0v) is 13.0. The Kier molecular flexibility index (Phi) is 7.32. The molecule has 98 valence electrons. The van der Waals surface area contributed by atoms with Crippen molar-refractivity contribution in [1.29, 1.82) is 0 Å². The van der Waals surface area contributed by atoms with Crippen molar-refractivity contribution < 1.29 is 0 Å². The van der Waals surface area contributed by atoms with E-state index in [9.17, 15) is 0 Å². The van der Waals surface area contributed by atoms with Crippen LogP contribution in [-0.4, -0.2) is 48.9 Å². The van der Waals surface area contributed by atoms with Crippen LogP contribution in [0.15, 0.2) is 4.99 Å². The van der Waals surface area contributed by atoms with Gasteiger partial charge >= 0.3 is 0 Å². The van der Waals surface area contributed by atoms with Crippen molar-refractivity contribution in [3.63, 3.8) is 0 Å². The van der Waals surface area contributed by atoms with Crippen LogP contribution in [0.4, 0.5) is 0 Å².